The highest BCUT2D eigenvalue weighted by atomic mass is 32.1. The Labute approximate surface area is 114 Å². The van der Waals surface area contributed by atoms with Crippen molar-refractivity contribution in [2.45, 2.75) is 13.1 Å². The SMILES string of the molecule is Cc1nc(N)sc1-c1nnc2ccc(C(F)(F)F)cn12. The van der Waals surface area contributed by atoms with Gasteiger partial charge in [0.1, 0.15) is 0 Å². The third-order valence-electron chi connectivity index (χ3n) is 2.75. The van der Waals surface area contributed by atoms with Crippen molar-refractivity contribution in [3.05, 3.63) is 29.6 Å². The monoisotopic (exact) mass is 299 g/mol. The molecule has 0 aliphatic heterocycles. The van der Waals surface area contributed by atoms with Crippen molar-refractivity contribution in [2.75, 3.05) is 5.73 Å². The van der Waals surface area contributed by atoms with Gasteiger partial charge in [-0.05, 0) is 19.1 Å². The maximum atomic E-state index is 12.8. The van der Waals surface area contributed by atoms with Crippen LogP contribution >= 0.6 is 11.3 Å². The number of fused-ring (bicyclic) bond motifs is 1. The number of rotatable bonds is 1. The van der Waals surface area contributed by atoms with E-state index in [4.69, 9.17) is 5.73 Å². The molecule has 0 aliphatic rings. The first kappa shape index (κ1) is 12.9. The van der Waals surface area contributed by atoms with Crippen molar-refractivity contribution in [3.63, 3.8) is 0 Å². The van der Waals surface area contributed by atoms with E-state index in [1.165, 1.54) is 10.5 Å². The molecular weight excluding hydrogens is 291 g/mol. The van der Waals surface area contributed by atoms with Crippen LogP contribution in [0.15, 0.2) is 18.3 Å². The predicted molar refractivity (Wildman–Crippen MR) is 68.2 cm³/mol. The van der Waals surface area contributed by atoms with Gasteiger partial charge in [0.25, 0.3) is 0 Å². The van der Waals surface area contributed by atoms with E-state index >= 15 is 0 Å². The summed E-state index contributed by atoms with van der Waals surface area (Å²) in [5.74, 6) is 0.304. The van der Waals surface area contributed by atoms with Crippen LogP contribution in [0.2, 0.25) is 0 Å². The van der Waals surface area contributed by atoms with E-state index in [2.05, 4.69) is 15.2 Å². The highest BCUT2D eigenvalue weighted by Gasteiger charge is 2.31. The van der Waals surface area contributed by atoms with Crippen LogP contribution in [-0.2, 0) is 6.18 Å². The van der Waals surface area contributed by atoms with Crippen LogP contribution in [0.5, 0.6) is 0 Å². The lowest BCUT2D eigenvalue weighted by Gasteiger charge is -2.07. The third-order valence-corrected chi connectivity index (χ3v) is 3.73. The minimum absolute atomic E-state index is 0.304. The summed E-state index contributed by atoms with van der Waals surface area (Å²) in [6.07, 6.45) is -3.45. The van der Waals surface area contributed by atoms with Crippen LogP contribution < -0.4 is 5.73 Å². The lowest BCUT2D eigenvalue weighted by molar-refractivity contribution is -0.137. The smallest absolute Gasteiger partial charge is 0.375 e. The molecule has 3 aromatic rings. The number of hydrogen-bond donors (Lipinski definition) is 1. The first-order valence-electron chi connectivity index (χ1n) is 5.51. The molecule has 0 saturated carbocycles. The zero-order valence-electron chi connectivity index (χ0n) is 10.1. The number of thiazole rings is 1. The van der Waals surface area contributed by atoms with E-state index in [9.17, 15) is 13.2 Å². The fourth-order valence-corrected chi connectivity index (χ4v) is 2.65. The largest absolute Gasteiger partial charge is 0.417 e. The summed E-state index contributed by atoms with van der Waals surface area (Å²) in [6, 6.07) is 2.25. The summed E-state index contributed by atoms with van der Waals surface area (Å²) < 4.78 is 39.6. The van der Waals surface area contributed by atoms with E-state index in [-0.39, 0.29) is 0 Å². The average Bonchev–Trinajstić information content (AvgIpc) is 2.90. The number of halogens is 3. The number of nitrogen functional groups attached to an aromatic ring is 1. The highest BCUT2D eigenvalue weighted by Crippen LogP contribution is 2.33. The molecule has 0 atom stereocenters. The first-order chi connectivity index (χ1) is 9.36. The summed E-state index contributed by atoms with van der Waals surface area (Å²) in [5.41, 5.74) is 5.78. The molecule has 2 N–H and O–H groups in total. The standard InChI is InChI=1S/C11H8F3N5S/c1-5-8(20-10(15)16-5)9-18-17-7-3-2-6(4-19(7)9)11(12,13)14/h2-4H,1H3,(H2,15,16). The fourth-order valence-electron chi connectivity index (χ4n) is 1.84. The van der Waals surface area contributed by atoms with Gasteiger partial charge >= 0.3 is 6.18 Å². The Hall–Kier alpha value is -2.16. The average molecular weight is 299 g/mol. The summed E-state index contributed by atoms with van der Waals surface area (Å²) in [4.78, 5) is 4.64. The number of aromatic nitrogens is 4. The van der Waals surface area contributed by atoms with Crippen molar-refractivity contribution in [3.8, 4) is 10.7 Å². The van der Waals surface area contributed by atoms with Gasteiger partial charge in [0.15, 0.2) is 16.6 Å². The Bertz CT molecular complexity index is 789. The van der Waals surface area contributed by atoms with Crippen LogP contribution in [0.1, 0.15) is 11.3 Å². The Morgan fingerprint density at radius 1 is 1.25 bits per heavy atom. The van der Waals surface area contributed by atoms with Gasteiger partial charge in [-0.2, -0.15) is 13.2 Å². The maximum Gasteiger partial charge on any atom is 0.417 e. The molecule has 0 fully saturated rings. The molecule has 0 bridgehead atoms. The topological polar surface area (TPSA) is 69.1 Å². The minimum Gasteiger partial charge on any atom is -0.375 e. The number of anilines is 1. The predicted octanol–water partition coefficient (Wildman–Crippen LogP) is 2.76. The van der Waals surface area contributed by atoms with Crippen molar-refractivity contribution in [1.82, 2.24) is 19.6 Å². The van der Waals surface area contributed by atoms with Crippen LogP contribution in [0.25, 0.3) is 16.3 Å². The number of aryl methyl sites for hydroxylation is 1. The zero-order valence-corrected chi connectivity index (χ0v) is 11.0. The lowest BCUT2D eigenvalue weighted by atomic mass is 10.2. The molecule has 3 rings (SSSR count). The molecular formula is C11H8F3N5S. The molecule has 3 heterocycles. The summed E-state index contributed by atoms with van der Waals surface area (Å²) in [5, 5.41) is 8.11. The minimum atomic E-state index is -4.42. The molecule has 0 amide bonds. The number of nitrogens with two attached hydrogens (primary N) is 1. The van der Waals surface area contributed by atoms with Gasteiger partial charge in [-0.25, -0.2) is 4.98 Å². The second kappa shape index (κ2) is 4.17. The highest BCUT2D eigenvalue weighted by molar-refractivity contribution is 7.18. The van der Waals surface area contributed by atoms with E-state index < -0.39 is 11.7 Å². The van der Waals surface area contributed by atoms with Gasteiger partial charge in [0.2, 0.25) is 0 Å². The van der Waals surface area contributed by atoms with Crippen molar-refractivity contribution >= 4 is 22.1 Å². The molecule has 0 radical (unpaired) electrons. The van der Waals surface area contributed by atoms with Gasteiger partial charge in [-0.1, -0.05) is 11.3 Å². The van der Waals surface area contributed by atoms with Gasteiger partial charge in [0.05, 0.1) is 16.1 Å². The molecule has 0 unspecified atom stereocenters. The molecule has 9 heteroatoms. The number of hydrogen-bond acceptors (Lipinski definition) is 5. The molecule has 0 aromatic carbocycles. The Balaban J connectivity index is 2.24. The molecule has 0 aliphatic carbocycles. The summed E-state index contributed by atoms with van der Waals surface area (Å²) >= 11 is 1.16. The van der Waals surface area contributed by atoms with Gasteiger partial charge in [-0.3, -0.25) is 4.40 Å². The number of nitrogens with zero attached hydrogens (tertiary/aromatic N) is 4. The molecule has 3 aromatic heterocycles. The zero-order chi connectivity index (χ0) is 14.5. The first-order valence-corrected chi connectivity index (χ1v) is 6.33. The Morgan fingerprint density at radius 3 is 2.60 bits per heavy atom. The van der Waals surface area contributed by atoms with Crippen LogP contribution in [0.4, 0.5) is 18.3 Å². The van der Waals surface area contributed by atoms with Gasteiger partial charge < -0.3 is 5.73 Å². The molecule has 104 valence electrons. The molecule has 0 spiro atoms. The van der Waals surface area contributed by atoms with Crippen molar-refractivity contribution in [2.24, 2.45) is 0 Å². The Kier molecular flexibility index (Phi) is 2.68. The second-order valence-electron chi connectivity index (χ2n) is 4.13. The van der Waals surface area contributed by atoms with E-state index in [1.54, 1.807) is 6.92 Å². The summed E-state index contributed by atoms with van der Waals surface area (Å²) in [6.45, 7) is 1.72. The van der Waals surface area contributed by atoms with Crippen molar-refractivity contribution in [1.29, 1.82) is 0 Å². The van der Waals surface area contributed by atoms with Gasteiger partial charge in [-0.15, -0.1) is 10.2 Å². The fraction of sp³-hybridized carbons (Fsp3) is 0.182. The Morgan fingerprint density at radius 2 is 2.00 bits per heavy atom. The number of alkyl halides is 3. The van der Waals surface area contributed by atoms with Crippen LogP contribution in [0, 0.1) is 6.92 Å². The van der Waals surface area contributed by atoms with E-state index in [0.717, 1.165) is 23.6 Å². The molecule has 20 heavy (non-hydrogen) atoms. The number of pyridine rings is 1. The van der Waals surface area contributed by atoms with E-state index in [1.807, 2.05) is 0 Å². The van der Waals surface area contributed by atoms with E-state index in [0.29, 0.717) is 27.2 Å². The van der Waals surface area contributed by atoms with Gasteiger partial charge in [0, 0.05) is 6.20 Å². The molecule has 5 nitrogen and oxygen atoms in total. The quantitative estimate of drug-likeness (QED) is 0.750. The van der Waals surface area contributed by atoms with Crippen molar-refractivity contribution < 1.29 is 13.2 Å². The molecule has 0 saturated heterocycles. The summed E-state index contributed by atoms with van der Waals surface area (Å²) in [7, 11) is 0. The second-order valence-corrected chi connectivity index (χ2v) is 5.16. The van der Waals surface area contributed by atoms with Crippen LogP contribution in [0.3, 0.4) is 0 Å². The maximum absolute atomic E-state index is 12.8. The third kappa shape index (κ3) is 1.99. The normalized spacial score (nSPS) is 12.2. The lowest BCUT2D eigenvalue weighted by Crippen LogP contribution is -2.06. The van der Waals surface area contributed by atoms with Crippen LogP contribution in [-0.4, -0.2) is 19.6 Å².